The molecule has 2 aromatic carbocycles. The van der Waals surface area contributed by atoms with Gasteiger partial charge < -0.3 is 15.0 Å². The van der Waals surface area contributed by atoms with Crippen molar-refractivity contribution in [1.29, 1.82) is 0 Å². The predicted octanol–water partition coefficient (Wildman–Crippen LogP) is 4.90. The Hall–Kier alpha value is -5.19. The third kappa shape index (κ3) is 4.43. The molecule has 196 valence electrons. The van der Waals surface area contributed by atoms with Crippen LogP contribution in [0.1, 0.15) is 11.1 Å². The molecule has 11 heteroatoms. The summed E-state index contributed by atoms with van der Waals surface area (Å²) in [5.74, 6) is 2.43. The lowest BCUT2D eigenvalue weighted by Gasteiger charge is -2.35. The van der Waals surface area contributed by atoms with Crippen molar-refractivity contribution in [3.8, 4) is 28.4 Å². The Kier molecular flexibility index (Phi) is 5.95. The van der Waals surface area contributed by atoms with Crippen molar-refractivity contribution in [3.63, 3.8) is 0 Å². The van der Waals surface area contributed by atoms with Gasteiger partial charge in [0.25, 0.3) is 0 Å². The number of aromatic nitrogens is 6. The number of benzene rings is 2. The molecule has 2 amide bonds. The maximum atomic E-state index is 13.5. The number of methoxy groups -OCH3 is 1. The number of anilines is 4. The van der Waals surface area contributed by atoms with Gasteiger partial charge in [0.15, 0.2) is 0 Å². The number of H-pyrrole nitrogens is 1. The van der Waals surface area contributed by atoms with Crippen molar-refractivity contribution in [3.05, 3.63) is 78.4 Å². The van der Waals surface area contributed by atoms with E-state index in [-0.39, 0.29) is 6.03 Å². The van der Waals surface area contributed by atoms with Crippen molar-refractivity contribution in [2.75, 3.05) is 29.3 Å². The van der Waals surface area contributed by atoms with E-state index in [1.54, 1.807) is 47.2 Å². The predicted molar refractivity (Wildman–Crippen MR) is 149 cm³/mol. The first-order valence-corrected chi connectivity index (χ1v) is 12.4. The molecular formula is C28H27N9O2. The molecule has 0 aliphatic carbocycles. The van der Waals surface area contributed by atoms with E-state index < -0.39 is 0 Å². The fourth-order valence-electron chi connectivity index (χ4n) is 4.69. The highest BCUT2D eigenvalue weighted by Crippen LogP contribution is 2.35. The van der Waals surface area contributed by atoms with Crippen LogP contribution in [0.5, 0.6) is 5.75 Å². The van der Waals surface area contributed by atoms with E-state index in [0.717, 1.165) is 45.1 Å². The average molecular weight is 522 g/mol. The number of ether oxygens (including phenoxy) is 1. The second-order valence-electron chi connectivity index (χ2n) is 9.34. The minimum Gasteiger partial charge on any atom is -0.496 e. The van der Waals surface area contributed by atoms with E-state index in [9.17, 15) is 4.79 Å². The third-order valence-corrected chi connectivity index (χ3v) is 6.71. The number of carbonyl (C=O) groups is 1. The van der Waals surface area contributed by atoms with Crippen LogP contribution < -0.4 is 19.9 Å². The summed E-state index contributed by atoms with van der Waals surface area (Å²) in [6.45, 7) is 2.34. The number of urea groups is 1. The standard InChI is InChI=1S/C28H27N9O2/c1-17-9-10-18(25-29-14-22(33-25)21-7-5-6-8-24(21)39-4)11-23(17)37-15-19-12-30-27(32-20-13-31-35(2)16-20)34-26(19)36(3)28(37)38/h5-14,16H,15H2,1-4H3,(H,29,33)(H,30,32,34). The molecule has 0 saturated heterocycles. The van der Waals surface area contributed by atoms with Gasteiger partial charge >= 0.3 is 6.03 Å². The van der Waals surface area contributed by atoms with Crippen molar-refractivity contribution < 1.29 is 9.53 Å². The summed E-state index contributed by atoms with van der Waals surface area (Å²) >= 11 is 0. The maximum absolute atomic E-state index is 13.5. The Morgan fingerprint density at radius 3 is 2.69 bits per heavy atom. The number of hydrogen-bond donors (Lipinski definition) is 2. The topological polar surface area (TPSA) is 117 Å². The van der Waals surface area contributed by atoms with Crippen LogP contribution >= 0.6 is 0 Å². The van der Waals surface area contributed by atoms with Crippen LogP contribution in [0.2, 0.25) is 0 Å². The highest BCUT2D eigenvalue weighted by Gasteiger charge is 2.31. The van der Waals surface area contributed by atoms with Crippen molar-refractivity contribution in [1.82, 2.24) is 29.7 Å². The van der Waals surface area contributed by atoms with Gasteiger partial charge in [-0.15, -0.1) is 0 Å². The zero-order valence-corrected chi connectivity index (χ0v) is 22.0. The number of nitrogens with zero attached hydrogens (tertiary/aromatic N) is 7. The largest absolute Gasteiger partial charge is 0.496 e. The molecule has 0 fully saturated rings. The zero-order chi connectivity index (χ0) is 27.1. The van der Waals surface area contributed by atoms with Gasteiger partial charge in [-0.1, -0.05) is 24.3 Å². The van der Waals surface area contributed by atoms with Gasteiger partial charge in [0.05, 0.1) is 37.4 Å². The molecule has 6 rings (SSSR count). The Balaban J connectivity index is 1.30. The normalized spacial score (nSPS) is 13.0. The lowest BCUT2D eigenvalue weighted by atomic mass is 10.1. The number of rotatable bonds is 6. The first-order chi connectivity index (χ1) is 18.9. The van der Waals surface area contributed by atoms with Gasteiger partial charge in [-0.05, 0) is 30.7 Å². The fourth-order valence-corrected chi connectivity index (χ4v) is 4.69. The molecule has 2 N–H and O–H groups in total. The number of hydrogen-bond acceptors (Lipinski definition) is 7. The molecule has 3 aromatic heterocycles. The molecule has 0 bridgehead atoms. The van der Waals surface area contributed by atoms with Crippen LogP contribution in [-0.2, 0) is 13.6 Å². The summed E-state index contributed by atoms with van der Waals surface area (Å²) in [5.41, 5.74) is 6.01. The Morgan fingerprint density at radius 2 is 1.90 bits per heavy atom. The minimum atomic E-state index is -0.178. The number of para-hydroxylation sites is 1. The van der Waals surface area contributed by atoms with Crippen LogP contribution in [0.15, 0.2) is 67.3 Å². The Morgan fingerprint density at radius 1 is 1.05 bits per heavy atom. The highest BCUT2D eigenvalue weighted by atomic mass is 16.5. The molecule has 39 heavy (non-hydrogen) atoms. The number of fused-ring (bicyclic) bond motifs is 1. The minimum absolute atomic E-state index is 0.178. The van der Waals surface area contributed by atoms with E-state index in [1.807, 2.05) is 62.6 Å². The first kappa shape index (κ1) is 24.2. The van der Waals surface area contributed by atoms with Crippen LogP contribution in [0.4, 0.5) is 27.9 Å². The van der Waals surface area contributed by atoms with Crippen LogP contribution in [0, 0.1) is 6.92 Å². The Labute approximate surface area is 225 Å². The summed E-state index contributed by atoms with van der Waals surface area (Å²) in [5, 5.41) is 7.28. The van der Waals surface area contributed by atoms with Crippen LogP contribution in [-0.4, -0.2) is 49.9 Å². The molecule has 11 nitrogen and oxygen atoms in total. The van der Waals surface area contributed by atoms with E-state index in [4.69, 9.17) is 4.74 Å². The molecule has 0 saturated carbocycles. The zero-order valence-electron chi connectivity index (χ0n) is 22.0. The Bertz CT molecular complexity index is 1690. The van der Waals surface area contributed by atoms with E-state index in [2.05, 4.69) is 30.4 Å². The van der Waals surface area contributed by atoms with Crippen LogP contribution in [0.25, 0.3) is 22.6 Å². The van der Waals surface area contributed by atoms with Crippen molar-refractivity contribution in [2.45, 2.75) is 13.5 Å². The van der Waals surface area contributed by atoms with Crippen molar-refractivity contribution >= 4 is 29.2 Å². The second-order valence-corrected chi connectivity index (χ2v) is 9.34. The number of aromatic amines is 1. The summed E-state index contributed by atoms with van der Waals surface area (Å²) in [7, 11) is 5.21. The third-order valence-electron chi connectivity index (χ3n) is 6.71. The maximum Gasteiger partial charge on any atom is 0.330 e. The quantitative estimate of drug-likeness (QED) is 0.326. The molecule has 0 radical (unpaired) electrons. The summed E-state index contributed by atoms with van der Waals surface area (Å²) in [4.78, 5) is 33.9. The lowest BCUT2D eigenvalue weighted by Crippen LogP contribution is -2.46. The van der Waals surface area contributed by atoms with E-state index in [0.29, 0.717) is 24.1 Å². The lowest BCUT2D eigenvalue weighted by molar-refractivity contribution is 0.251. The molecule has 1 aliphatic heterocycles. The van der Waals surface area contributed by atoms with Gasteiger partial charge in [-0.2, -0.15) is 10.1 Å². The molecule has 0 spiro atoms. The molecule has 5 aromatic rings. The molecule has 0 unspecified atom stereocenters. The van der Waals surface area contributed by atoms with E-state index in [1.165, 1.54) is 0 Å². The van der Waals surface area contributed by atoms with Crippen LogP contribution in [0.3, 0.4) is 0 Å². The van der Waals surface area contributed by atoms with E-state index >= 15 is 0 Å². The highest BCUT2D eigenvalue weighted by molar-refractivity contribution is 6.05. The summed E-state index contributed by atoms with van der Waals surface area (Å²) < 4.78 is 7.19. The number of nitrogens with one attached hydrogen (secondary N) is 2. The number of carbonyl (C=O) groups excluding carboxylic acids is 1. The number of amides is 2. The average Bonchev–Trinajstić information content (AvgIpc) is 3.60. The summed E-state index contributed by atoms with van der Waals surface area (Å²) in [6.07, 6.45) is 7.06. The number of imidazole rings is 1. The fraction of sp³-hybridized carbons (Fsp3) is 0.179. The van der Waals surface area contributed by atoms with Gasteiger partial charge in [-0.3, -0.25) is 14.5 Å². The molecule has 1 aliphatic rings. The molecular weight excluding hydrogens is 494 g/mol. The van der Waals surface area contributed by atoms with Crippen molar-refractivity contribution in [2.24, 2.45) is 7.05 Å². The first-order valence-electron chi connectivity index (χ1n) is 12.4. The SMILES string of the molecule is COc1ccccc1-c1cnc(-c2ccc(C)c(N3Cc4cnc(Nc5cnn(C)c5)nc4N(C)C3=O)c2)[nH]1. The van der Waals surface area contributed by atoms with Gasteiger partial charge in [0.1, 0.15) is 17.4 Å². The van der Waals surface area contributed by atoms with Gasteiger partial charge in [0.2, 0.25) is 5.95 Å². The summed E-state index contributed by atoms with van der Waals surface area (Å²) in [6, 6.07) is 13.6. The van der Waals surface area contributed by atoms with Gasteiger partial charge in [-0.25, -0.2) is 14.8 Å². The smallest absolute Gasteiger partial charge is 0.330 e. The monoisotopic (exact) mass is 521 g/mol. The number of aryl methyl sites for hydroxylation is 2. The van der Waals surface area contributed by atoms with Gasteiger partial charge in [0, 0.05) is 48.9 Å². The molecule has 0 atom stereocenters. The molecule has 4 heterocycles. The second kappa shape index (κ2) is 9.60.